The molecule has 1 aliphatic heterocycles. The van der Waals surface area contributed by atoms with E-state index in [-0.39, 0.29) is 5.91 Å². The van der Waals surface area contributed by atoms with Crippen LogP contribution in [0.2, 0.25) is 0 Å². The summed E-state index contributed by atoms with van der Waals surface area (Å²) in [7, 11) is 0. The van der Waals surface area contributed by atoms with Crippen molar-refractivity contribution < 1.29 is 4.79 Å². The zero-order valence-corrected chi connectivity index (χ0v) is 13.5. The van der Waals surface area contributed by atoms with Gasteiger partial charge in [-0.1, -0.05) is 18.2 Å². The first-order valence-electron chi connectivity index (χ1n) is 8.42. The van der Waals surface area contributed by atoms with Gasteiger partial charge in [0, 0.05) is 55.6 Å². The topological polar surface area (TPSA) is 74.7 Å². The SMILES string of the molecule is O=C(NCCCn1ccc2ccccc21)c1n[nH]c2c1CNCC2. The van der Waals surface area contributed by atoms with Gasteiger partial charge in [-0.05, 0) is 23.9 Å². The minimum atomic E-state index is -0.0893. The number of carbonyl (C=O) groups is 1. The Balaban J connectivity index is 1.33. The van der Waals surface area contributed by atoms with Crippen LogP contribution in [0.3, 0.4) is 0 Å². The average molecular weight is 323 g/mol. The zero-order valence-electron chi connectivity index (χ0n) is 13.5. The quantitative estimate of drug-likeness (QED) is 0.627. The van der Waals surface area contributed by atoms with Gasteiger partial charge >= 0.3 is 0 Å². The van der Waals surface area contributed by atoms with Crippen LogP contribution in [-0.2, 0) is 19.5 Å². The maximum Gasteiger partial charge on any atom is 0.272 e. The van der Waals surface area contributed by atoms with E-state index in [4.69, 9.17) is 0 Å². The van der Waals surface area contributed by atoms with Crippen LogP contribution >= 0.6 is 0 Å². The van der Waals surface area contributed by atoms with Crippen molar-refractivity contribution in [3.8, 4) is 0 Å². The molecule has 0 bridgehead atoms. The van der Waals surface area contributed by atoms with Crippen LogP contribution in [0.1, 0.15) is 28.2 Å². The Kier molecular flexibility index (Phi) is 4.04. The summed E-state index contributed by atoms with van der Waals surface area (Å²) < 4.78 is 2.22. The summed E-state index contributed by atoms with van der Waals surface area (Å²) in [6, 6.07) is 10.5. The number of nitrogens with one attached hydrogen (secondary N) is 3. The van der Waals surface area contributed by atoms with Crippen molar-refractivity contribution >= 4 is 16.8 Å². The van der Waals surface area contributed by atoms with E-state index in [1.165, 1.54) is 10.9 Å². The molecule has 0 saturated heterocycles. The zero-order chi connectivity index (χ0) is 16.4. The van der Waals surface area contributed by atoms with Gasteiger partial charge in [0.15, 0.2) is 5.69 Å². The molecule has 2 aromatic heterocycles. The highest BCUT2D eigenvalue weighted by atomic mass is 16.1. The number of aryl methyl sites for hydroxylation is 1. The smallest absolute Gasteiger partial charge is 0.272 e. The number of H-pyrrole nitrogens is 1. The Labute approximate surface area is 140 Å². The van der Waals surface area contributed by atoms with E-state index in [0.717, 1.165) is 37.2 Å². The summed E-state index contributed by atoms with van der Waals surface area (Å²) in [6.07, 6.45) is 3.88. The molecule has 124 valence electrons. The van der Waals surface area contributed by atoms with Gasteiger partial charge in [0.05, 0.1) is 0 Å². The molecule has 1 amide bonds. The van der Waals surface area contributed by atoms with Gasteiger partial charge in [-0.25, -0.2) is 0 Å². The standard InChI is InChI=1S/C18H21N5O/c24-18(17-14-12-19-9-6-15(14)21-22-17)20-8-3-10-23-11-7-13-4-1-2-5-16(13)23/h1-2,4-5,7,11,19H,3,6,8-10,12H2,(H,20,24)(H,21,22). The minimum Gasteiger partial charge on any atom is -0.351 e. The van der Waals surface area contributed by atoms with Gasteiger partial charge in [-0.15, -0.1) is 0 Å². The van der Waals surface area contributed by atoms with Gasteiger partial charge in [0.25, 0.3) is 5.91 Å². The minimum absolute atomic E-state index is 0.0893. The second kappa shape index (κ2) is 6.49. The predicted octanol–water partition coefficient (Wildman–Crippen LogP) is 1.83. The highest BCUT2D eigenvalue weighted by molar-refractivity contribution is 5.94. The molecular formula is C18H21N5O. The Hall–Kier alpha value is -2.60. The number of nitrogens with zero attached hydrogens (tertiary/aromatic N) is 2. The highest BCUT2D eigenvalue weighted by Crippen LogP contribution is 2.16. The lowest BCUT2D eigenvalue weighted by Gasteiger charge is -2.13. The van der Waals surface area contributed by atoms with Crippen LogP contribution < -0.4 is 10.6 Å². The molecule has 0 spiro atoms. The lowest BCUT2D eigenvalue weighted by molar-refractivity contribution is 0.0946. The molecule has 0 fully saturated rings. The van der Waals surface area contributed by atoms with Gasteiger partial charge in [-0.3, -0.25) is 9.89 Å². The van der Waals surface area contributed by atoms with Gasteiger partial charge in [-0.2, -0.15) is 5.10 Å². The van der Waals surface area contributed by atoms with Crippen LogP contribution in [0.15, 0.2) is 36.5 Å². The lowest BCUT2D eigenvalue weighted by atomic mass is 10.1. The number of hydrogen-bond donors (Lipinski definition) is 3. The van der Waals surface area contributed by atoms with Crippen LogP contribution in [0.5, 0.6) is 0 Å². The molecule has 0 aliphatic carbocycles. The third-order valence-electron chi connectivity index (χ3n) is 4.56. The molecule has 1 aliphatic rings. The Morgan fingerprint density at radius 2 is 2.21 bits per heavy atom. The number of hydrogen-bond acceptors (Lipinski definition) is 3. The molecule has 0 atom stereocenters. The number of rotatable bonds is 5. The molecule has 4 rings (SSSR count). The summed E-state index contributed by atoms with van der Waals surface area (Å²) in [5, 5.41) is 14.7. The van der Waals surface area contributed by atoms with E-state index in [0.29, 0.717) is 18.8 Å². The third kappa shape index (κ3) is 2.80. The number of aromatic nitrogens is 3. The van der Waals surface area contributed by atoms with Crippen LogP contribution in [0.4, 0.5) is 0 Å². The fourth-order valence-corrected chi connectivity index (χ4v) is 3.28. The summed E-state index contributed by atoms with van der Waals surface area (Å²) in [5.41, 5.74) is 3.85. The number of para-hydroxylation sites is 1. The molecule has 6 nitrogen and oxygen atoms in total. The van der Waals surface area contributed by atoms with E-state index >= 15 is 0 Å². The van der Waals surface area contributed by atoms with Crippen LogP contribution in [0, 0.1) is 0 Å². The summed E-state index contributed by atoms with van der Waals surface area (Å²) in [4.78, 5) is 12.3. The molecule has 1 aromatic carbocycles. The second-order valence-electron chi connectivity index (χ2n) is 6.13. The van der Waals surface area contributed by atoms with Crippen LogP contribution in [0.25, 0.3) is 10.9 Å². The molecule has 0 unspecified atom stereocenters. The highest BCUT2D eigenvalue weighted by Gasteiger charge is 2.20. The Morgan fingerprint density at radius 1 is 1.29 bits per heavy atom. The van der Waals surface area contributed by atoms with E-state index < -0.39 is 0 Å². The van der Waals surface area contributed by atoms with Gasteiger partial charge in [0.2, 0.25) is 0 Å². The summed E-state index contributed by atoms with van der Waals surface area (Å²) in [6.45, 7) is 3.17. The van der Waals surface area contributed by atoms with E-state index in [9.17, 15) is 4.79 Å². The van der Waals surface area contributed by atoms with Crippen molar-refractivity contribution in [1.29, 1.82) is 0 Å². The first kappa shape index (κ1) is 15.0. The van der Waals surface area contributed by atoms with Crippen molar-refractivity contribution in [2.24, 2.45) is 0 Å². The molecule has 3 N–H and O–H groups in total. The number of fused-ring (bicyclic) bond motifs is 2. The average Bonchev–Trinajstić information content (AvgIpc) is 3.23. The van der Waals surface area contributed by atoms with Crippen molar-refractivity contribution in [3.63, 3.8) is 0 Å². The van der Waals surface area contributed by atoms with E-state index in [2.05, 4.69) is 55.9 Å². The first-order chi connectivity index (χ1) is 11.8. The van der Waals surface area contributed by atoms with Crippen molar-refractivity contribution in [3.05, 3.63) is 53.5 Å². The molecule has 3 heterocycles. The molecule has 6 heteroatoms. The third-order valence-corrected chi connectivity index (χ3v) is 4.56. The second-order valence-corrected chi connectivity index (χ2v) is 6.13. The largest absolute Gasteiger partial charge is 0.351 e. The van der Waals surface area contributed by atoms with Crippen LogP contribution in [-0.4, -0.2) is 33.8 Å². The maximum atomic E-state index is 12.3. The molecule has 0 saturated carbocycles. The molecular weight excluding hydrogens is 302 g/mol. The van der Waals surface area contributed by atoms with E-state index in [1.54, 1.807) is 0 Å². The summed E-state index contributed by atoms with van der Waals surface area (Å²) >= 11 is 0. The normalized spacial score (nSPS) is 13.8. The lowest BCUT2D eigenvalue weighted by Crippen LogP contribution is -2.29. The Bertz CT molecular complexity index is 863. The maximum absolute atomic E-state index is 12.3. The van der Waals surface area contributed by atoms with E-state index in [1.807, 2.05) is 6.07 Å². The van der Waals surface area contributed by atoms with Crippen molar-refractivity contribution in [1.82, 2.24) is 25.4 Å². The van der Waals surface area contributed by atoms with Gasteiger partial charge < -0.3 is 15.2 Å². The molecule has 0 radical (unpaired) electrons. The fourth-order valence-electron chi connectivity index (χ4n) is 3.28. The molecule has 3 aromatic rings. The fraction of sp³-hybridized carbons (Fsp3) is 0.333. The predicted molar refractivity (Wildman–Crippen MR) is 92.9 cm³/mol. The number of benzene rings is 1. The van der Waals surface area contributed by atoms with Gasteiger partial charge in [0.1, 0.15) is 0 Å². The first-order valence-corrected chi connectivity index (χ1v) is 8.42. The number of carbonyl (C=O) groups excluding carboxylic acids is 1. The Morgan fingerprint density at radius 3 is 3.17 bits per heavy atom. The van der Waals surface area contributed by atoms with Crippen molar-refractivity contribution in [2.75, 3.05) is 13.1 Å². The number of amides is 1. The molecule has 24 heavy (non-hydrogen) atoms. The summed E-state index contributed by atoms with van der Waals surface area (Å²) in [5.74, 6) is -0.0893. The number of aromatic amines is 1. The van der Waals surface area contributed by atoms with Crippen molar-refractivity contribution in [2.45, 2.75) is 25.9 Å². The monoisotopic (exact) mass is 323 g/mol.